The number of hydrogen-bond donors (Lipinski definition) is 0. The van der Waals surface area contributed by atoms with Crippen LogP contribution in [0.1, 0.15) is 63.4 Å². The number of carbonyl (C=O) groups excluding carboxylic acids is 1. The molecule has 0 N–H and O–H groups in total. The van der Waals surface area contributed by atoms with Crippen LogP contribution in [0.15, 0.2) is 24.3 Å². The third-order valence-electron chi connectivity index (χ3n) is 3.97. The summed E-state index contributed by atoms with van der Waals surface area (Å²) in [4.78, 5) is 14.8. The summed E-state index contributed by atoms with van der Waals surface area (Å²) >= 11 is 3.46. The van der Waals surface area contributed by atoms with Crippen molar-refractivity contribution in [2.45, 2.75) is 58.9 Å². The molecule has 0 radical (unpaired) electrons. The molecule has 21 heavy (non-hydrogen) atoms. The molecule has 3 heteroatoms. The summed E-state index contributed by atoms with van der Waals surface area (Å²) in [7, 11) is 0. The maximum absolute atomic E-state index is 12.8. The summed E-state index contributed by atoms with van der Waals surface area (Å²) < 4.78 is 0. The van der Waals surface area contributed by atoms with Gasteiger partial charge in [-0.25, -0.2) is 0 Å². The van der Waals surface area contributed by atoms with Crippen LogP contribution in [0.5, 0.6) is 0 Å². The van der Waals surface area contributed by atoms with Gasteiger partial charge in [0, 0.05) is 23.5 Å². The summed E-state index contributed by atoms with van der Waals surface area (Å²) in [5, 5.41) is 0.815. The summed E-state index contributed by atoms with van der Waals surface area (Å²) in [6, 6.07) is 8.40. The van der Waals surface area contributed by atoms with Gasteiger partial charge < -0.3 is 4.90 Å². The zero-order chi connectivity index (χ0) is 16.0. The van der Waals surface area contributed by atoms with Gasteiger partial charge in [-0.2, -0.15) is 0 Å². The van der Waals surface area contributed by atoms with E-state index in [1.54, 1.807) is 0 Å². The molecule has 0 unspecified atom stereocenters. The lowest BCUT2D eigenvalue weighted by Crippen LogP contribution is -2.41. The van der Waals surface area contributed by atoms with Gasteiger partial charge in [0.25, 0.3) is 5.91 Å². The number of carbonyl (C=O) groups is 1. The topological polar surface area (TPSA) is 20.3 Å². The minimum absolute atomic E-state index is 0.118. The van der Waals surface area contributed by atoms with E-state index in [-0.39, 0.29) is 11.3 Å². The molecule has 0 atom stereocenters. The van der Waals surface area contributed by atoms with Crippen LogP contribution >= 0.6 is 15.9 Å². The highest BCUT2D eigenvalue weighted by atomic mass is 79.9. The van der Waals surface area contributed by atoms with Crippen molar-refractivity contribution >= 4 is 21.8 Å². The van der Waals surface area contributed by atoms with Gasteiger partial charge >= 0.3 is 0 Å². The highest BCUT2D eigenvalue weighted by Crippen LogP contribution is 2.23. The highest BCUT2D eigenvalue weighted by Gasteiger charge is 2.22. The van der Waals surface area contributed by atoms with Crippen LogP contribution < -0.4 is 0 Å². The average molecular weight is 354 g/mol. The Kier molecular flexibility index (Phi) is 6.92. The Bertz CT molecular complexity index is 443. The lowest BCUT2D eigenvalue weighted by atomic mass is 9.86. The van der Waals surface area contributed by atoms with E-state index < -0.39 is 0 Å². The lowest BCUT2D eigenvalue weighted by Gasteiger charge is -2.30. The quantitative estimate of drug-likeness (QED) is 0.658. The van der Waals surface area contributed by atoms with Crippen molar-refractivity contribution in [3.8, 4) is 0 Å². The monoisotopic (exact) mass is 353 g/mol. The van der Waals surface area contributed by atoms with Crippen LogP contribution in [0.4, 0.5) is 0 Å². The number of nitrogens with zero attached hydrogens (tertiary/aromatic N) is 1. The summed E-state index contributed by atoms with van der Waals surface area (Å²) in [6.07, 6.45) is 1.99. The van der Waals surface area contributed by atoms with Gasteiger partial charge in [-0.3, -0.25) is 4.79 Å². The smallest absolute Gasteiger partial charge is 0.254 e. The van der Waals surface area contributed by atoms with Crippen molar-refractivity contribution < 1.29 is 4.79 Å². The fourth-order valence-electron chi connectivity index (χ4n) is 2.55. The average Bonchev–Trinajstić information content (AvgIpc) is 2.46. The van der Waals surface area contributed by atoms with Gasteiger partial charge in [0.2, 0.25) is 0 Å². The first kappa shape index (κ1) is 18.2. The zero-order valence-corrected chi connectivity index (χ0v) is 15.5. The normalized spacial score (nSPS) is 11.8. The Hall–Kier alpha value is -0.830. The molecular formula is C18H28BrNO. The lowest BCUT2D eigenvalue weighted by molar-refractivity contribution is 0.0683. The van der Waals surface area contributed by atoms with Gasteiger partial charge in [0.15, 0.2) is 0 Å². The van der Waals surface area contributed by atoms with Crippen molar-refractivity contribution in [3.63, 3.8) is 0 Å². The predicted octanol–water partition coefficient (Wildman–Crippen LogP) is 5.01. The second kappa shape index (κ2) is 7.98. The highest BCUT2D eigenvalue weighted by molar-refractivity contribution is 9.09. The first-order valence-electron chi connectivity index (χ1n) is 7.82. The molecule has 0 aliphatic heterocycles. The van der Waals surface area contributed by atoms with Gasteiger partial charge in [-0.05, 0) is 36.0 Å². The van der Waals surface area contributed by atoms with Crippen LogP contribution in [0.25, 0.3) is 0 Å². The van der Waals surface area contributed by atoms with E-state index in [4.69, 9.17) is 0 Å². The molecule has 0 fully saturated rings. The molecule has 1 rings (SSSR count). The predicted molar refractivity (Wildman–Crippen MR) is 94.3 cm³/mol. The van der Waals surface area contributed by atoms with Gasteiger partial charge in [-0.15, -0.1) is 0 Å². The molecule has 0 saturated carbocycles. The van der Waals surface area contributed by atoms with Crippen LogP contribution in [0.2, 0.25) is 0 Å². The number of halogens is 1. The molecular weight excluding hydrogens is 326 g/mol. The molecule has 0 aromatic heterocycles. The Balaban J connectivity index is 2.98. The number of hydrogen-bond acceptors (Lipinski definition) is 1. The Labute approximate surface area is 138 Å². The standard InChI is InChI=1S/C18H28BrNO/c1-6-16(7-2)20(13-12-19)17(21)14-8-10-15(11-9-14)18(3,4)5/h8-11,16H,6-7,12-13H2,1-5H3. The third kappa shape index (κ3) is 4.84. The number of alkyl halides is 1. The minimum Gasteiger partial charge on any atom is -0.335 e. The van der Waals surface area contributed by atoms with Crippen LogP contribution in [0, 0.1) is 0 Å². The van der Waals surface area contributed by atoms with Crippen LogP contribution in [0.3, 0.4) is 0 Å². The second-order valence-electron chi connectivity index (χ2n) is 6.49. The van der Waals surface area contributed by atoms with E-state index in [1.807, 2.05) is 17.0 Å². The zero-order valence-electron chi connectivity index (χ0n) is 13.9. The van der Waals surface area contributed by atoms with Crippen molar-refractivity contribution in [1.82, 2.24) is 4.90 Å². The fourth-order valence-corrected chi connectivity index (χ4v) is 2.93. The van der Waals surface area contributed by atoms with Gasteiger partial charge in [0.1, 0.15) is 0 Å². The maximum Gasteiger partial charge on any atom is 0.254 e. The molecule has 0 heterocycles. The molecule has 1 amide bonds. The molecule has 118 valence electrons. The Morgan fingerprint density at radius 2 is 1.67 bits per heavy atom. The van der Waals surface area contributed by atoms with Gasteiger partial charge in [-0.1, -0.05) is 62.7 Å². The first-order chi connectivity index (χ1) is 9.85. The van der Waals surface area contributed by atoms with E-state index in [1.165, 1.54) is 5.56 Å². The number of benzene rings is 1. The molecule has 1 aromatic rings. The second-order valence-corrected chi connectivity index (χ2v) is 7.28. The molecule has 0 bridgehead atoms. The third-order valence-corrected chi connectivity index (χ3v) is 4.32. The SMILES string of the molecule is CCC(CC)N(CCBr)C(=O)c1ccc(C(C)(C)C)cc1. The van der Waals surface area contributed by atoms with E-state index >= 15 is 0 Å². The van der Waals surface area contributed by atoms with E-state index in [9.17, 15) is 4.79 Å². The van der Waals surface area contributed by atoms with E-state index in [0.29, 0.717) is 6.04 Å². The molecule has 2 nitrogen and oxygen atoms in total. The van der Waals surface area contributed by atoms with Crippen molar-refractivity contribution in [3.05, 3.63) is 35.4 Å². The maximum atomic E-state index is 12.8. The van der Waals surface area contributed by atoms with Crippen molar-refractivity contribution in [2.75, 3.05) is 11.9 Å². The van der Waals surface area contributed by atoms with E-state index in [0.717, 1.165) is 30.3 Å². The Morgan fingerprint density at radius 1 is 1.14 bits per heavy atom. The van der Waals surface area contributed by atoms with Crippen LogP contribution in [-0.2, 0) is 5.41 Å². The van der Waals surface area contributed by atoms with Crippen LogP contribution in [-0.4, -0.2) is 28.7 Å². The van der Waals surface area contributed by atoms with Crippen molar-refractivity contribution in [2.24, 2.45) is 0 Å². The summed E-state index contributed by atoms with van der Waals surface area (Å²) in [6.45, 7) is 11.6. The minimum atomic E-state index is 0.118. The number of rotatable bonds is 6. The molecule has 1 aromatic carbocycles. The molecule has 0 spiro atoms. The fraction of sp³-hybridized carbons (Fsp3) is 0.611. The summed E-state index contributed by atoms with van der Waals surface area (Å²) in [5.74, 6) is 0.142. The molecule has 0 saturated heterocycles. The van der Waals surface area contributed by atoms with Gasteiger partial charge in [0.05, 0.1) is 0 Å². The first-order valence-corrected chi connectivity index (χ1v) is 8.94. The Morgan fingerprint density at radius 3 is 2.05 bits per heavy atom. The molecule has 0 aliphatic rings. The number of amides is 1. The van der Waals surface area contributed by atoms with E-state index in [2.05, 4.69) is 62.7 Å². The summed E-state index contributed by atoms with van der Waals surface area (Å²) in [5.41, 5.74) is 2.16. The van der Waals surface area contributed by atoms with Crippen molar-refractivity contribution in [1.29, 1.82) is 0 Å². The molecule has 0 aliphatic carbocycles. The largest absolute Gasteiger partial charge is 0.335 e.